The summed E-state index contributed by atoms with van der Waals surface area (Å²) in [6.45, 7) is 4.14. The van der Waals surface area contributed by atoms with Crippen LogP contribution in [0.2, 0.25) is 5.02 Å². The largest absolute Gasteiger partial charge is 0.434 e. The second-order valence-corrected chi connectivity index (χ2v) is 6.86. The van der Waals surface area contributed by atoms with Gasteiger partial charge in [0.05, 0.1) is 17.4 Å². The minimum absolute atomic E-state index is 0.152. The van der Waals surface area contributed by atoms with Crippen LogP contribution in [0.5, 0.6) is 0 Å². The highest BCUT2D eigenvalue weighted by Crippen LogP contribution is 2.34. The zero-order valence-corrected chi connectivity index (χ0v) is 15.5. The molecule has 1 fully saturated rings. The molecule has 3 rings (SSSR count). The smallest absolute Gasteiger partial charge is 0.350 e. The van der Waals surface area contributed by atoms with E-state index in [1.807, 2.05) is 6.92 Å². The summed E-state index contributed by atoms with van der Waals surface area (Å²) in [6, 6.07) is 5.93. The van der Waals surface area contributed by atoms with Gasteiger partial charge in [-0.2, -0.15) is 18.3 Å². The summed E-state index contributed by atoms with van der Waals surface area (Å²) in [6.07, 6.45) is -1.83. The number of hydrogen-bond donors (Lipinski definition) is 1. The van der Waals surface area contributed by atoms with Gasteiger partial charge in [0.25, 0.3) is 5.91 Å². The molecule has 1 aliphatic rings. The van der Waals surface area contributed by atoms with E-state index >= 15 is 0 Å². The van der Waals surface area contributed by atoms with Crippen LogP contribution in [-0.2, 0) is 6.18 Å². The molecule has 2 aromatic rings. The Bertz CT molecular complexity index is 804. The van der Waals surface area contributed by atoms with Crippen molar-refractivity contribution in [2.45, 2.75) is 32.0 Å². The molecule has 9 heteroatoms. The first-order chi connectivity index (χ1) is 12.8. The van der Waals surface area contributed by atoms with E-state index in [2.05, 4.69) is 15.3 Å². The predicted octanol–water partition coefficient (Wildman–Crippen LogP) is 3.76. The Morgan fingerprint density at radius 2 is 2.04 bits per heavy atom. The zero-order chi connectivity index (χ0) is 19.6. The second-order valence-electron chi connectivity index (χ2n) is 6.43. The van der Waals surface area contributed by atoms with Gasteiger partial charge in [0.1, 0.15) is 0 Å². The average Bonchev–Trinajstić information content (AvgIpc) is 3.26. The molecule has 27 heavy (non-hydrogen) atoms. The Morgan fingerprint density at radius 1 is 1.33 bits per heavy atom. The number of carbonyl (C=O) groups is 1. The van der Waals surface area contributed by atoms with E-state index in [1.54, 1.807) is 0 Å². The number of carbonyl (C=O) groups excluding carboxylic acids is 1. The molecule has 1 unspecified atom stereocenters. The Labute approximate surface area is 160 Å². The number of likely N-dealkylation sites (N-methyl/N-ethyl adjacent to an activating group) is 1. The monoisotopic (exact) mass is 400 g/mol. The lowest BCUT2D eigenvalue weighted by molar-refractivity contribution is -0.143. The average molecular weight is 401 g/mol. The van der Waals surface area contributed by atoms with Crippen molar-refractivity contribution in [2.75, 3.05) is 19.6 Å². The van der Waals surface area contributed by atoms with Crippen LogP contribution < -0.4 is 5.32 Å². The fourth-order valence-corrected chi connectivity index (χ4v) is 3.54. The third kappa shape index (κ3) is 4.27. The number of likely N-dealkylation sites (tertiary alicyclic amines) is 1. The normalized spacial score (nSPS) is 18.0. The van der Waals surface area contributed by atoms with Crippen molar-refractivity contribution in [1.82, 2.24) is 20.0 Å². The van der Waals surface area contributed by atoms with Gasteiger partial charge in [-0.15, -0.1) is 0 Å². The van der Waals surface area contributed by atoms with Crippen molar-refractivity contribution in [1.29, 1.82) is 0 Å². The van der Waals surface area contributed by atoms with E-state index in [0.29, 0.717) is 11.6 Å². The van der Waals surface area contributed by atoms with Gasteiger partial charge in [-0.1, -0.05) is 18.5 Å². The van der Waals surface area contributed by atoms with Gasteiger partial charge in [-0.3, -0.25) is 9.69 Å². The van der Waals surface area contributed by atoms with Crippen molar-refractivity contribution in [3.05, 3.63) is 46.7 Å². The number of benzene rings is 1. The number of alkyl halides is 3. The lowest BCUT2D eigenvalue weighted by atomic mass is 10.2. The molecule has 0 spiro atoms. The van der Waals surface area contributed by atoms with Gasteiger partial charge < -0.3 is 5.32 Å². The quantitative estimate of drug-likeness (QED) is 0.831. The zero-order valence-electron chi connectivity index (χ0n) is 14.8. The fourth-order valence-electron chi connectivity index (χ4n) is 3.41. The van der Waals surface area contributed by atoms with Crippen LogP contribution in [0.15, 0.2) is 30.5 Å². The van der Waals surface area contributed by atoms with Crippen LogP contribution in [0.25, 0.3) is 5.69 Å². The topological polar surface area (TPSA) is 50.2 Å². The summed E-state index contributed by atoms with van der Waals surface area (Å²) < 4.78 is 41.7. The SMILES string of the molecule is CCN1CCCC1CNC(=O)c1cnn(-c2ccc(Cl)cc2)c1C(F)(F)F. The molecular weight excluding hydrogens is 381 g/mol. The maximum atomic E-state index is 13.7. The Balaban J connectivity index is 1.84. The molecular formula is C18H20ClF3N4O. The van der Waals surface area contributed by atoms with E-state index < -0.39 is 23.3 Å². The highest BCUT2D eigenvalue weighted by atomic mass is 35.5. The molecule has 1 aliphatic heterocycles. The minimum atomic E-state index is -4.73. The first-order valence-electron chi connectivity index (χ1n) is 8.74. The van der Waals surface area contributed by atoms with E-state index in [-0.39, 0.29) is 11.7 Å². The van der Waals surface area contributed by atoms with Crippen LogP contribution in [0.3, 0.4) is 0 Å². The number of halogens is 4. The molecule has 1 aromatic carbocycles. The summed E-state index contributed by atoms with van der Waals surface area (Å²) >= 11 is 5.79. The summed E-state index contributed by atoms with van der Waals surface area (Å²) in [4.78, 5) is 14.7. The first kappa shape index (κ1) is 19.7. The van der Waals surface area contributed by atoms with Crippen LogP contribution in [-0.4, -0.2) is 46.3 Å². The van der Waals surface area contributed by atoms with Crippen LogP contribution in [0.1, 0.15) is 35.8 Å². The lowest BCUT2D eigenvalue weighted by Crippen LogP contribution is -2.40. The molecule has 0 aliphatic carbocycles. The van der Waals surface area contributed by atoms with Gasteiger partial charge in [-0.25, -0.2) is 4.68 Å². The molecule has 2 heterocycles. The molecule has 1 amide bonds. The predicted molar refractivity (Wildman–Crippen MR) is 96.2 cm³/mol. The fraction of sp³-hybridized carbons (Fsp3) is 0.444. The molecule has 146 valence electrons. The summed E-state index contributed by atoms with van der Waals surface area (Å²) in [5.41, 5.74) is -1.40. The first-order valence-corrected chi connectivity index (χ1v) is 9.12. The molecule has 5 nitrogen and oxygen atoms in total. The lowest BCUT2D eigenvalue weighted by Gasteiger charge is -2.23. The Morgan fingerprint density at radius 3 is 2.67 bits per heavy atom. The minimum Gasteiger partial charge on any atom is -0.350 e. The van der Waals surface area contributed by atoms with Crippen molar-refractivity contribution < 1.29 is 18.0 Å². The number of aromatic nitrogens is 2. The summed E-state index contributed by atoms with van der Waals surface area (Å²) in [5.74, 6) is -0.773. The second kappa shape index (κ2) is 7.90. The third-order valence-electron chi connectivity index (χ3n) is 4.76. The molecule has 1 aromatic heterocycles. The summed E-state index contributed by atoms with van der Waals surface area (Å²) in [7, 11) is 0. The molecule has 1 N–H and O–H groups in total. The Hall–Kier alpha value is -2.06. The number of nitrogens with one attached hydrogen (secondary N) is 1. The maximum Gasteiger partial charge on any atom is 0.434 e. The summed E-state index contributed by atoms with van der Waals surface area (Å²) in [5, 5.41) is 6.83. The molecule has 1 saturated heterocycles. The van der Waals surface area contributed by atoms with Gasteiger partial charge in [0, 0.05) is 17.6 Å². The van der Waals surface area contributed by atoms with Crippen LogP contribution in [0.4, 0.5) is 13.2 Å². The van der Waals surface area contributed by atoms with Crippen LogP contribution >= 0.6 is 11.6 Å². The molecule has 0 bridgehead atoms. The molecule has 1 atom stereocenters. The number of nitrogens with zero attached hydrogens (tertiary/aromatic N) is 3. The van der Waals surface area contributed by atoms with E-state index in [4.69, 9.17) is 11.6 Å². The Kier molecular flexibility index (Phi) is 5.76. The van der Waals surface area contributed by atoms with E-state index in [0.717, 1.165) is 36.8 Å². The van der Waals surface area contributed by atoms with Gasteiger partial charge in [-0.05, 0) is 50.2 Å². The third-order valence-corrected chi connectivity index (χ3v) is 5.01. The molecule has 0 radical (unpaired) electrons. The number of rotatable bonds is 5. The number of amides is 1. The highest BCUT2D eigenvalue weighted by molar-refractivity contribution is 6.30. The van der Waals surface area contributed by atoms with Gasteiger partial charge in [0.15, 0.2) is 5.69 Å². The van der Waals surface area contributed by atoms with Gasteiger partial charge >= 0.3 is 6.18 Å². The van der Waals surface area contributed by atoms with Crippen molar-refractivity contribution in [3.63, 3.8) is 0 Å². The van der Waals surface area contributed by atoms with Crippen molar-refractivity contribution >= 4 is 17.5 Å². The highest BCUT2D eigenvalue weighted by Gasteiger charge is 2.40. The van der Waals surface area contributed by atoms with Crippen molar-refractivity contribution in [2.24, 2.45) is 0 Å². The van der Waals surface area contributed by atoms with Crippen molar-refractivity contribution in [3.8, 4) is 5.69 Å². The van der Waals surface area contributed by atoms with E-state index in [9.17, 15) is 18.0 Å². The number of hydrogen-bond acceptors (Lipinski definition) is 3. The standard InChI is InChI=1S/C18H20ClF3N4O/c1-2-25-9-3-4-14(25)10-23-17(27)15-11-24-26(16(15)18(20,21)22)13-7-5-12(19)6-8-13/h5-8,11,14H,2-4,9-10H2,1H3,(H,23,27). The van der Waals surface area contributed by atoms with Crippen LogP contribution in [0, 0.1) is 0 Å². The maximum absolute atomic E-state index is 13.7. The van der Waals surface area contributed by atoms with E-state index in [1.165, 1.54) is 24.3 Å². The van der Waals surface area contributed by atoms with Gasteiger partial charge in [0.2, 0.25) is 0 Å². The molecule has 0 saturated carbocycles.